The smallest absolute Gasteiger partial charge is 0.0579 e. The van der Waals surface area contributed by atoms with Crippen molar-refractivity contribution >= 4 is 0 Å². The molecule has 2 aliphatic rings. The first kappa shape index (κ1) is 10.4. The van der Waals surface area contributed by atoms with E-state index in [-0.39, 0.29) is 0 Å². The molecule has 0 aromatic heterocycles. The number of nitrogens with one attached hydrogen (secondary N) is 1. The molecule has 1 saturated carbocycles. The van der Waals surface area contributed by atoms with Crippen LogP contribution in [0.2, 0.25) is 0 Å². The van der Waals surface area contributed by atoms with E-state index in [4.69, 9.17) is 4.74 Å². The average Bonchev–Trinajstić information content (AvgIpc) is 2.81. The summed E-state index contributed by atoms with van der Waals surface area (Å²) in [4.78, 5) is 0. The molecule has 0 bridgehead atoms. The Kier molecular flexibility index (Phi) is 3.45. The number of rotatable bonds is 5. The third kappa shape index (κ3) is 2.96. The summed E-state index contributed by atoms with van der Waals surface area (Å²) >= 11 is 0. The van der Waals surface area contributed by atoms with Crippen LogP contribution in [0.1, 0.15) is 46.0 Å². The number of hydrogen-bond donors (Lipinski definition) is 1. The first-order valence-electron chi connectivity index (χ1n) is 6.13. The van der Waals surface area contributed by atoms with E-state index in [9.17, 15) is 0 Å². The Bertz CT molecular complexity index is 173. The van der Waals surface area contributed by atoms with E-state index in [1.54, 1.807) is 0 Å². The topological polar surface area (TPSA) is 21.3 Å². The first-order chi connectivity index (χ1) is 6.75. The molecule has 2 heteroatoms. The maximum absolute atomic E-state index is 5.67. The summed E-state index contributed by atoms with van der Waals surface area (Å²) in [5, 5.41) is 3.67. The molecule has 0 amide bonds. The maximum Gasteiger partial charge on any atom is 0.0579 e. The molecule has 0 radical (unpaired) electrons. The van der Waals surface area contributed by atoms with E-state index < -0.39 is 0 Å². The molecule has 0 aromatic carbocycles. The highest BCUT2D eigenvalue weighted by molar-refractivity contribution is 4.85. The van der Waals surface area contributed by atoms with Gasteiger partial charge in [-0.25, -0.2) is 0 Å². The second kappa shape index (κ2) is 4.63. The second-order valence-corrected chi connectivity index (χ2v) is 5.08. The lowest BCUT2D eigenvalue weighted by atomic mass is 9.95. The molecular weight excluding hydrogens is 174 g/mol. The van der Waals surface area contributed by atoms with Gasteiger partial charge in [0.2, 0.25) is 0 Å². The summed E-state index contributed by atoms with van der Waals surface area (Å²) < 4.78 is 5.67. The summed E-state index contributed by atoms with van der Waals surface area (Å²) in [6.45, 7) is 5.65. The lowest BCUT2D eigenvalue weighted by Gasteiger charge is -2.23. The summed E-state index contributed by atoms with van der Waals surface area (Å²) in [5.41, 5.74) is 0. The van der Waals surface area contributed by atoms with E-state index >= 15 is 0 Å². The van der Waals surface area contributed by atoms with Crippen molar-refractivity contribution in [2.75, 3.05) is 6.61 Å². The molecule has 2 rings (SSSR count). The summed E-state index contributed by atoms with van der Waals surface area (Å²) in [6, 6.07) is 1.49. The van der Waals surface area contributed by atoms with E-state index in [0.29, 0.717) is 12.1 Å². The Hall–Kier alpha value is -0.0800. The Balaban J connectivity index is 1.66. The van der Waals surface area contributed by atoms with Gasteiger partial charge in [0.1, 0.15) is 0 Å². The average molecular weight is 197 g/mol. The van der Waals surface area contributed by atoms with Crippen LogP contribution >= 0.6 is 0 Å². The molecule has 1 aliphatic heterocycles. The van der Waals surface area contributed by atoms with Crippen LogP contribution in [0, 0.1) is 5.92 Å². The van der Waals surface area contributed by atoms with Gasteiger partial charge < -0.3 is 10.1 Å². The van der Waals surface area contributed by atoms with Crippen molar-refractivity contribution < 1.29 is 4.74 Å². The Labute approximate surface area is 87.4 Å². The quantitative estimate of drug-likeness (QED) is 0.730. The molecule has 82 valence electrons. The predicted octanol–water partition coefficient (Wildman–Crippen LogP) is 2.33. The lowest BCUT2D eigenvalue weighted by Crippen LogP contribution is -2.35. The Morgan fingerprint density at radius 2 is 2.07 bits per heavy atom. The zero-order valence-corrected chi connectivity index (χ0v) is 9.46. The van der Waals surface area contributed by atoms with Crippen molar-refractivity contribution in [1.82, 2.24) is 5.32 Å². The van der Waals surface area contributed by atoms with Crippen LogP contribution in [-0.4, -0.2) is 24.8 Å². The van der Waals surface area contributed by atoms with Crippen molar-refractivity contribution in [3.8, 4) is 0 Å². The number of hydrogen-bond acceptors (Lipinski definition) is 2. The third-order valence-electron chi connectivity index (χ3n) is 3.59. The van der Waals surface area contributed by atoms with Crippen LogP contribution in [0.15, 0.2) is 0 Å². The maximum atomic E-state index is 5.67. The third-order valence-corrected chi connectivity index (χ3v) is 3.59. The minimum absolute atomic E-state index is 0.549. The van der Waals surface area contributed by atoms with Crippen LogP contribution in [0.4, 0.5) is 0 Å². The first-order valence-corrected chi connectivity index (χ1v) is 6.13. The van der Waals surface area contributed by atoms with E-state index in [1.165, 1.54) is 32.1 Å². The highest BCUT2D eigenvalue weighted by Crippen LogP contribution is 2.24. The molecule has 1 aliphatic carbocycles. The fraction of sp³-hybridized carbons (Fsp3) is 1.00. The summed E-state index contributed by atoms with van der Waals surface area (Å²) in [5.74, 6) is 0.749. The van der Waals surface area contributed by atoms with E-state index in [2.05, 4.69) is 19.2 Å². The molecule has 2 fully saturated rings. The molecule has 1 saturated heterocycles. The van der Waals surface area contributed by atoms with Gasteiger partial charge in [-0.2, -0.15) is 0 Å². The van der Waals surface area contributed by atoms with Gasteiger partial charge in [-0.1, -0.05) is 6.92 Å². The van der Waals surface area contributed by atoms with Gasteiger partial charge in [-0.3, -0.25) is 0 Å². The van der Waals surface area contributed by atoms with Crippen LogP contribution in [-0.2, 0) is 4.74 Å². The van der Waals surface area contributed by atoms with Crippen LogP contribution in [0.3, 0.4) is 0 Å². The van der Waals surface area contributed by atoms with E-state index in [0.717, 1.165) is 18.6 Å². The minimum atomic E-state index is 0.549. The fourth-order valence-electron chi connectivity index (χ4n) is 2.24. The van der Waals surface area contributed by atoms with Gasteiger partial charge in [-0.15, -0.1) is 0 Å². The SMILES string of the molecule is CC(CC1CCCO1)C(C)NC1CC1. The summed E-state index contributed by atoms with van der Waals surface area (Å²) in [7, 11) is 0. The molecule has 1 heterocycles. The lowest BCUT2D eigenvalue weighted by molar-refractivity contribution is 0.0867. The highest BCUT2D eigenvalue weighted by Gasteiger charge is 2.27. The summed E-state index contributed by atoms with van der Waals surface area (Å²) in [6.07, 6.45) is 7.10. The predicted molar refractivity (Wildman–Crippen MR) is 58.4 cm³/mol. The monoisotopic (exact) mass is 197 g/mol. The minimum Gasteiger partial charge on any atom is -0.378 e. The van der Waals surface area contributed by atoms with E-state index in [1.807, 2.05) is 0 Å². The van der Waals surface area contributed by atoms with Gasteiger partial charge in [0, 0.05) is 18.7 Å². The molecule has 3 atom stereocenters. The normalized spacial score (nSPS) is 31.7. The molecule has 0 spiro atoms. The van der Waals surface area contributed by atoms with Crippen molar-refractivity contribution in [1.29, 1.82) is 0 Å². The van der Waals surface area contributed by atoms with Gasteiger partial charge >= 0.3 is 0 Å². The largest absolute Gasteiger partial charge is 0.378 e. The molecule has 1 N–H and O–H groups in total. The van der Waals surface area contributed by atoms with Crippen molar-refractivity contribution in [2.24, 2.45) is 5.92 Å². The molecule has 0 aromatic rings. The van der Waals surface area contributed by atoms with Crippen LogP contribution < -0.4 is 5.32 Å². The zero-order chi connectivity index (χ0) is 9.97. The Morgan fingerprint density at radius 3 is 2.64 bits per heavy atom. The zero-order valence-electron chi connectivity index (χ0n) is 9.46. The van der Waals surface area contributed by atoms with Crippen molar-refractivity contribution in [3.05, 3.63) is 0 Å². The Morgan fingerprint density at radius 1 is 1.29 bits per heavy atom. The van der Waals surface area contributed by atoms with Crippen LogP contribution in [0.5, 0.6) is 0 Å². The van der Waals surface area contributed by atoms with Crippen molar-refractivity contribution in [3.63, 3.8) is 0 Å². The van der Waals surface area contributed by atoms with Gasteiger partial charge in [-0.05, 0) is 44.9 Å². The molecule has 3 unspecified atom stereocenters. The standard InChI is InChI=1S/C12H23NO/c1-9(8-12-4-3-7-14-12)10(2)13-11-5-6-11/h9-13H,3-8H2,1-2H3. The molecule has 14 heavy (non-hydrogen) atoms. The van der Waals surface area contributed by atoms with Gasteiger partial charge in [0.25, 0.3) is 0 Å². The van der Waals surface area contributed by atoms with Gasteiger partial charge in [0.05, 0.1) is 6.10 Å². The fourth-order valence-corrected chi connectivity index (χ4v) is 2.24. The van der Waals surface area contributed by atoms with Crippen molar-refractivity contribution in [2.45, 2.75) is 64.1 Å². The number of ether oxygens (including phenoxy) is 1. The highest BCUT2D eigenvalue weighted by atomic mass is 16.5. The van der Waals surface area contributed by atoms with Gasteiger partial charge in [0.15, 0.2) is 0 Å². The molecule has 2 nitrogen and oxygen atoms in total. The second-order valence-electron chi connectivity index (χ2n) is 5.08. The molecular formula is C12H23NO. The van der Waals surface area contributed by atoms with Crippen LogP contribution in [0.25, 0.3) is 0 Å².